The van der Waals surface area contributed by atoms with E-state index in [9.17, 15) is 9.59 Å². The molecule has 110 valence electrons. The van der Waals surface area contributed by atoms with Gasteiger partial charge in [-0.1, -0.05) is 0 Å². The minimum Gasteiger partial charge on any atom is -0.465 e. The molecule has 1 aromatic heterocycles. The molecule has 0 atom stereocenters. The summed E-state index contributed by atoms with van der Waals surface area (Å²) in [5.74, 6) is -0.103. The highest BCUT2D eigenvalue weighted by atomic mass is 16.4. The van der Waals surface area contributed by atoms with Gasteiger partial charge in [-0.2, -0.15) is 5.26 Å². The number of carbonyl (C=O) groups is 2. The van der Waals surface area contributed by atoms with E-state index in [-0.39, 0.29) is 17.3 Å². The van der Waals surface area contributed by atoms with E-state index < -0.39 is 12.0 Å². The van der Waals surface area contributed by atoms with Crippen molar-refractivity contribution in [1.29, 1.82) is 5.26 Å². The molecule has 0 saturated carbocycles. The Kier molecular flexibility index (Phi) is 4.23. The van der Waals surface area contributed by atoms with Gasteiger partial charge in [-0.3, -0.25) is 4.79 Å². The van der Waals surface area contributed by atoms with Gasteiger partial charge in [0.05, 0.1) is 0 Å². The number of nitrogens with zero attached hydrogens (tertiary/aromatic N) is 3. The lowest BCUT2D eigenvalue weighted by atomic mass is 10.0. The molecule has 1 aromatic rings. The molecule has 0 aromatic carbocycles. The van der Waals surface area contributed by atoms with Gasteiger partial charge in [0, 0.05) is 24.7 Å². The van der Waals surface area contributed by atoms with E-state index in [1.54, 1.807) is 6.07 Å². The molecule has 1 fully saturated rings. The normalized spacial score (nSPS) is 15.3. The minimum atomic E-state index is -1.03. The monoisotopic (exact) mass is 289 g/mol. The predicted octanol–water partition coefficient (Wildman–Crippen LogP) is 0.289. The van der Waals surface area contributed by atoms with Gasteiger partial charge in [0.2, 0.25) is 5.91 Å². The van der Waals surface area contributed by atoms with Crippen LogP contribution < -0.4 is 16.0 Å². The van der Waals surface area contributed by atoms with E-state index in [2.05, 4.69) is 10.3 Å². The Labute approximate surface area is 121 Å². The van der Waals surface area contributed by atoms with Crippen LogP contribution in [0.3, 0.4) is 0 Å². The zero-order valence-corrected chi connectivity index (χ0v) is 11.2. The molecule has 2 rings (SSSR count). The molecule has 0 unspecified atom stereocenters. The number of nitrogens with two attached hydrogens (primary N) is 1. The van der Waals surface area contributed by atoms with E-state index in [1.807, 2.05) is 11.0 Å². The van der Waals surface area contributed by atoms with Gasteiger partial charge in [0.15, 0.2) is 0 Å². The van der Waals surface area contributed by atoms with Crippen LogP contribution in [0.15, 0.2) is 12.1 Å². The van der Waals surface area contributed by atoms with E-state index in [0.717, 1.165) is 0 Å². The maximum atomic E-state index is 11.3. The van der Waals surface area contributed by atoms with Crippen molar-refractivity contribution < 1.29 is 14.7 Å². The van der Waals surface area contributed by atoms with Crippen molar-refractivity contribution >= 4 is 17.8 Å². The molecule has 8 nitrogen and oxygen atoms in total. The molecule has 1 saturated heterocycles. The summed E-state index contributed by atoms with van der Waals surface area (Å²) in [5, 5.41) is 20.1. The van der Waals surface area contributed by atoms with Crippen LogP contribution in [0.4, 0.5) is 10.6 Å². The molecular formula is C13H15N5O3. The highest BCUT2D eigenvalue weighted by Gasteiger charge is 2.22. The fourth-order valence-corrected chi connectivity index (χ4v) is 2.31. The Morgan fingerprint density at radius 1 is 1.43 bits per heavy atom. The summed E-state index contributed by atoms with van der Waals surface area (Å²) in [7, 11) is 0. The van der Waals surface area contributed by atoms with Crippen LogP contribution in [0.5, 0.6) is 0 Å². The third-order valence-corrected chi connectivity index (χ3v) is 3.36. The number of rotatable bonds is 3. The summed E-state index contributed by atoms with van der Waals surface area (Å²) in [6.07, 6.45) is 0.238. The summed E-state index contributed by atoms with van der Waals surface area (Å²) in [6.45, 7) is 1.18. The number of aromatic nitrogens is 1. The molecule has 2 amide bonds. The number of primary amides is 1. The number of carbonyl (C=O) groups excluding carboxylic acids is 1. The van der Waals surface area contributed by atoms with Crippen LogP contribution in [0.2, 0.25) is 0 Å². The Balaban J connectivity index is 2.13. The van der Waals surface area contributed by atoms with E-state index in [0.29, 0.717) is 31.7 Å². The van der Waals surface area contributed by atoms with Gasteiger partial charge >= 0.3 is 6.09 Å². The first kappa shape index (κ1) is 14.6. The lowest BCUT2D eigenvalue weighted by Crippen LogP contribution is -2.44. The number of pyridine rings is 1. The largest absolute Gasteiger partial charge is 0.465 e. The van der Waals surface area contributed by atoms with Crippen LogP contribution in [-0.2, 0) is 0 Å². The lowest BCUT2D eigenvalue weighted by Gasteiger charge is -2.32. The number of piperidine rings is 1. The molecule has 0 aliphatic carbocycles. The Bertz CT molecular complexity index is 602. The molecular weight excluding hydrogens is 274 g/mol. The number of amides is 2. The molecule has 0 bridgehead atoms. The lowest BCUT2D eigenvalue weighted by molar-refractivity contribution is 0.1000. The van der Waals surface area contributed by atoms with Gasteiger partial charge in [-0.25, -0.2) is 9.78 Å². The maximum Gasteiger partial charge on any atom is 0.404 e. The number of carboxylic acid groups (broad SMARTS) is 1. The standard InChI is InChI=1S/C13H15N5O3/c14-7-10-5-8(12(15)19)6-11(16-10)18-3-1-9(2-4-18)17-13(20)21/h5-6,9,17H,1-4H2,(H2,15,19)(H,20,21). The van der Waals surface area contributed by atoms with Crippen molar-refractivity contribution in [3.05, 3.63) is 23.4 Å². The maximum absolute atomic E-state index is 11.3. The second-order valence-electron chi connectivity index (χ2n) is 4.79. The Morgan fingerprint density at radius 2 is 2.10 bits per heavy atom. The second-order valence-corrected chi connectivity index (χ2v) is 4.79. The first-order valence-corrected chi connectivity index (χ1v) is 6.46. The van der Waals surface area contributed by atoms with Crippen molar-refractivity contribution in [3.63, 3.8) is 0 Å². The predicted molar refractivity (Wildman–Crippen MR) is 73.9 cm³/mol. The average molecular weight is 289 g/mol. The van der Waals surface area contributed by atoms with E-state index in [1.165, 1.54) is 6.07 Å². The molecule has 21 heavy (non-hydrogen) atoms. The molecule has 1 aliphatic heterocycles. The molecule has 4 N–H and O–H groups in total. The number of nitrogens with one attached hydrogen (secondary N) is 1. The molecule has 2 heterocycles. The molecule has 0 spiro atoms. The molecule has 8 heteroatoms. The summed E-state index contributed by atoms with van der Waals surface area (Å²) in [5.41, 5.74) is 5.61. The highest BCUT2D eigenvalue weighted by Crippen LogP contribution is 2.20. The fraction of sp³-hybridized carbons (Fsp3) is 0.385. The number of anilines is 1. The first-order valence-electron chi connectivity index (χ1n) is 6.46. The number of hydrogen-bond acceptors (Lipinski definition) is 5. The van der Waals surface area contributed by atoms with Crippen LogP contribution in [0, 0.1) is 11.3 Å². The smallest absolute Gasteiger partial charge is 0.404 e. The topological polar surface area (TPSA) is 132 Å². The van der Waals surface area contributed by atoms with Gasteiger partial charge in [-0.05, 0) is 25.0 Å². The molecule has 1 aliphatic rings. The van der Waals surface area contributed by atoms with Gasteiger partial charge in [0.1, 0.15) is 17.6 Å². The zero-order valence-electron chi connectivity index (χ0n) is 11.2. The van der Waals surface area contributed by atoms with Crippen molar-refractivity contribution in [2.75, 3.05) is 18.0 Å². The fourth-order valence-electron chi connectivity index (χ4n) is 2.31. The van der Waals surface area contributed by atoms with Crippen molar-refractivity contribution in [2.24, 2.45) is 5.73 Å². The van der Waals surface area contributed by atoms with Gasteiger partial charge in [0.25, 0.3) is 0 Å². The first-order chi connectivity index (χ1) is 9.99. The third-order valence-electron chi connectivity index (χ3n) is 3.36. The quantitative estimate of drug-likeness (QED) is 0.732. The SMILES string of the molecule is N#Cc1cc(C(N)=O)cc(N2CCC(NC(=O)O)CC2)n1. The van der Waals surface area contributed by atoms with E-state index in [4.69, 9.17) is 16.1 Å². The van der Waals surface area contributed by atoms with Crippen LogP contribution in [0.25, 0.3) is 0 Å². The second kappa shape index (κ2) is 6.09. The van der Waals surface area contributed by atoms with Crippen molar-refractivity contribution in [3.8, 4) is 6.07 Å². The van der Waals surface area contributed by atoms with Gasteiger partial charge < -0.3 is 21.1 Å². The summed E-state index contributed by atoms with van der Waals surface area (Å²) >= 11 is 0. The zero-order chi connectivity index (χ0) is 15.4. The number of hydrogen-bond donors (Lipinski definition) is 3. The van der Waals surface area contributed by atoms with Crippen LogP contribution >= 0.6 is 0 Å². The van der Waals surface area contributed by atoms with Crippen LogP contribution in [0.1, 0.15) is 28.9 Å². The van der Waals surface area contributed by atoms with Crippen LogP contribution in [-0.4, -0.2) is 41.2 Å². The Hall–Kier alpha value is -2.82. The minimum absolute atomic E-state index is 0.0893. The average Bonchev–Trinajstić information content (AvgIpc) is 2.46. The summed E-state index contributed by atoms with van der Waals surface area (Å²) < 4.78 is 0. The summed E-state index contributed by atoms with van der Waals surface area (Å²) in [6, 6.07) is 4.71. The third kappa shape index (κ3) is 3.60. The van der Waals surface area contributed by atoms with Gasteiger partial charge in [-0.15, -0.1) is 0 Å². The van der Waals surface area contributed by atoms with E-state index >= 15 is 0 Å². The molecule has 0 radical (unpaired) electrons. The Morgan fingerprint density at radius 3 is 2.62 bits per heavy atom. The summed E-state index contributed by atoms with van der Waals surface area (Å²) in [4.78, 5) is 27.9. The number of nitriles is 1. The highest BCUT2D eigenvalue weighted by molar-refractivity contribution is 5.93. The van der Waals surface area contributed by atoms with Crippen molar-refractivity contribution in [2.45, 2.75) is 18.9 Å². The van der Waals surface area contributed by atoms with Crippen molar-refractivity contribution in [1.82, 2.24) is 10.3 Å².